The van der Waals surface area contributed by atoms with Crippen molar-refractivity contribution < 1.29 is 4.42 Å². The van der Waals surface area contributed by atoms with Crippen LogP contribution in [0.15, 0.2) is 502 Å². The van der Waals surface area contributed by atoms with Crippen LogP contribution in [0.1, 0.15) is 0 Å². The molecule has 0 fully saturated rings. The van der Waals surface area contributed by atoms with E-state index in [-0.39, 0.29) is 0 Å². The van der Waals surface area contributed by atoms with E-state index in [9.17, 15) is 0 Å². The molecule has 0 amide bonds. The van der Waals surface area contributed by atoms with Crippen molar-refractivity contribution >= 4 is 119 Å². The fourth-order valence-electron chi connectivity index (χ4n) is 19.9. The second kappa shape index (κ2) is 36.4. The second-order valence-corrected chi connectivity index (χ2v) is 36.6. The normalized spacial score (nSPS) is 11.5. The van der Waals surface area contributed by atoms with E-state index in [1.807, 2.05) is 109 Å². The Morgan fingerprint density at radius 2 is 0.413 bits per heavy atom. The third-order valence-corrected chi connectivity index (χ3v) is 27.9. The molecule has 0 spiro atoms. The smallest absolute Gasteiger partial charge is 0.164 e. The van der Waals surface area contributed by atoms with Crippen molar-refractivity contribution in [3.8, 4) is 153 Å². The largest absolute Gasteiger partial charge is 0.456 e. The highest BCUT2D eigenvalue weighted by atomic mass is 32.1. The van der Waals surface area contributed by atoms with Crippen LogP contribution in [-0.2, 0) is 0 Å². The summed E-state index contributed by atoms with van der Waals surface area (Å²) in [7, 11) is 0. The Balaban J connectivity index is 0.000000110. The summed E-state index contributed by atoms with van der Waals surface area (Å²) in [5.41, 5.74) is 27.3. The lowest BCUT2D eigenvalue weighted by molar-refractivity contribution is 0.669. The van der Waals surface area contributed by atoms with Gasteiger partial charge < -0.3 is 18.1 Å². The van der Waals surface area contributed by atoms with Gasteiger partial charge in [0.2, 0.25) is 0 Å². The quantitative estimate of drug-likeness (QED) is 0.0973. The van der Waals surface area contributed by atoms with E-state index in [1.165, 1.54) is 91.3 Å². The molecule has 0 saturated heterocycles. The second-order valence-electron chi connectivity index (χ2n) is 35.5. The average Bonchev–Trinajstić information content (AvgIpc) is 1.58. The average molecular weight is 1850 g/mol. The Morgan fingerprint density at radius 3 is 0.888 bits per heavy atom. The van der Waals surface area contributed by atoms with Crippen LogP contribution >= 0.6 is 11.3 Å². The predicted octanol–water partition coefficient (Wildman–Crippen LogP) is 33.2. The maximum absolute atomic E-state index is 6.20. The molecule has 14 heteroatoms. The minimum absolute atomic E-state index is 0.596. The van der Waals surface area contributed by atoms with Crippen LogP contribution < -0.4 is 0 Å². The summed E-state index contributed by atoms with van der Waals surface area (Å²) in [6, 6.07) is 173. The van der Waals surface area contributed by atoms with E-state index < -0.39 is 0 Å². The first-order valence-corrected chi connectivity index (χ1v) is 48.6. The summed E-state index contributed by atoms with van der Waals surface area (Å²) >= 11 is 1.80. The minimum atomic E-state index is 0.596. The van der Waals surface area contributed by atoms with Crippen molar-refractivity contribution in [1.29, 1.82) is 0 Å². The molecule has 8 heterocycles. The Hall–Kier alpha value is -19.2. The van der Waals surface area contributed by atoms with Crippen LogP contribution in [0.25, 0.3) is 260 Å². The number of nitrogens with zero attached hydrogens (tertiary/aromatic N) is 12. The molecule has 670 valence electrons. The van der Waals surface area contributed by atoms with E-state index in [4.69, 9.17) is 49.3 Å². The van der Waals surface area contributed by atoms with Gasteiger partial charge in [-0.25, -0.2) is 44.9 Å². The third kappa shape index (κ3) is 16.0. The summed E-state index contributed by atoms with van der Waals surface area (Å²) < 4.78 is 15.7. The lowest BCUT2D eigenvalue weighted by Crippen LogP contribution is -2.01. The number of thiophene rings is 1. The zero-order valence-corrected chi connectivity index (χ0v) is 77.8. The van der Waals surface area contributed by atoms with Crippen molar-refractivity contribution in [2.24, 2.45) is 0 Å². The van der Waals surface area contributed by atoms with E-state index in [1.54, 1.807) is 11.3 Å². The lowest BCUT2D eigenvalue weighted by Gasteiger charge is -2.12. The molecule has 28 aromatic rings. The van der Waals surface area contributed by atoms with Crippen LogP contribution in [0.2, 0.25) is 0 Å². The number of para-hydroxylation sites is 5. The molecule has 0 aliphatic heterocycles. The molecular formula is C129H82N12OS. The van der Waals surface area contributed by atoms with Crippen molar-refractivity contribution in [3.05, 3.63) is 497 Å². The molecule has 143 heavy (non-hydrogen) atoms. The first-order chi connectivity index (χ1) is 70.8. The highest BCUT2D eigenvalue weighted by Crippen LogP contribution is 2.44. The van der Waals surface area contributed by atoms with E-state index in [0.717, 1.165) is 117 Å². The zero-order chi connectivity index (χ0) is 94.6. The highest BCUT2D eigenvalue weighted by molar-refractivity contribution is 7.25. The number of fused-ring (bicyclic) bond motifs is 15. The molecule has 8 aromatic heterocycles. The maximum atomic E-state index is 6.20. The fraction of sp³-hybridized carbons (Fsp3) is 0. The lowest BCUT2D eigenvalue weighted by atomic mass is 10.0. The number of furan rings is 1. The van der Waals surface area contributed by atoms with Gasteiger partial charge in [0.05, 0.1) is 33.1 Å². The van der Waals surface area contributed by atoms with Gasteiger partial charge in [-0.3, -0.25) is 0 Å². The van der Waals surface area contributed by atoms with Crippen LogP contribution in [0.4, 0.5) is 0 Å². The zero-order valence-electron chi connectivity index (χ0n) is 77.0. The van der Waals surface area contributed by atoms with Crippen LogP contribution in [0, 0.1) is 0 Å². The molecule has 0 radical (unpaired) electrons. The Bertz CT molecular complexity index is 9660. The summed E-state index contributed by atoms with van der Waals surface area (Å²) in [6.45, 7) is 0. The van der Waals surface area contributed by atoms with E-state index >= 15 is 0 Å². The Morgan fingerprint density at radius 1 is 0.140 bits per heavy atom. The topological polar surface area (TPSA) is 144 Å². The van der Waals surface area contributed by atoms with Gasteiger partial charge in [0.25, 0.3) is 0 Å². The number of hydrogen-bond acceptors (Lipinski definition) is 11. The molecule has 0 saturated carbocycles. The third-order valence-electron chi connectivity index (χ3n) is 26.8. The molecule has 28 rings (SSSR count). The molecule has 0 bridgehead atoms. The molecule has 0 unspecified atom stereocenters. The minimum Gasteiger partial charge on any atom is -0.456 e. The molecule has 0 N–H and O–H groups in total. The Kier molecular flexibility index (Phi) is 21.5. The van der Waals surface area contributed by atoms with Crippen molar-refractivity contribution in [2.75, 3.05) is 0 Å². The van der Waals surface area contributed by atoms with Gasteiger partial charge in [-0.05, 0) is 155 Å². The summed E-state index contributed by atoms with van der Waals surface area (Å²) in [5.74, 6) is 5.70. The molecular weight excluding hydrogens is 1770 g/mol. The first-order valence-electron chi connectivity index (χ1n) is 47.8. The predicted molar refractivity (Wildman–Crippen MR) is 588 cm³/mol. The first kappa shape index (κ1) is 84.4. The van der Waals surface area contributed by atoms with Gasteiger partial charge in [-0.2, -0.15) is 0 Å². The number of hydrogen-bond donors (Lipinski definition) is 0. The molecule has 0 aliphatic carbocycles. The number of aromatic nitrogens is 12. The monoisotopic (exact) mass is 1850 g/mol. The fourth-order valence-corrected chi connectivity index (χ4v) is 21.0. The summed E-state index contributed by atoms with van der Waals surface area (Å²) in [5, 5.41) is 12.0. The van der Waals surface area contributed by atoms with Crippen molar-refractivity contribution in [3.63, 3.8) is 0 Å². The van der Waals surface area contributed by atoms with Gasteiger partial charge in [0.1, 0.15) is 11.2 Å². The molecule has 13 nitrogen and oxygen atoms in total. The van der Waals surface area contributed by atoms with E-state index in [2.05, 4.69) is 402 Å². The number of benzene rings is 20. The van der Waals surface area contributed by atoms with Crippen LogP contribution in [-0.4, -0.2) is 58.6 Å². The Labute approximate surface area is 826 Å². The van der Waals surface area contributed by atoms with Crippen molar-refractivity contribution in [1.82, 2.24) is 58.6 Å². The molecule has 0 aliphatic rings. The standard InChI is InChI=1S/C45H28N4S.C45H30N4.C39H24N4O/c1-3-12-29(13-4-1)31-22-24-36-35-18-7-9-20-39(35)49(40(36)27-31)34-17-11-16-32(26-34)44-46-43(30-14-5-2-6-15-30)47-45(48-44)33-23-25-38-37-19-8-10-21-41(37)50-42(38)28-33;1-4-12-31(13-5-1)33-20-22-35(23-21-33)44-46-43(34-16-8-3-9-17-34)47-45(48-44)36-24-27-38(28-25-36)49-41-19-11-10-18-39(41)40-30-37(26-29-42(40)49)32-14-6-2-7-15-32;1-2-11-25(12-3-1)37-40-38(42-39(41-37)27-21-22-32-31-17-6-9-20-35(31)44-36(32)24-27)26-13-10-14-28(23-26)43-33-18-7-4-15-29(33)30-16-5-8-19-34(30)43/h1-28H;1-30H;1-24H. The van der Waals surface area contributed by atoms with E-state index in [0.29, 0.717) is 52.4 Å². The highest BCUT2D eigenvalue weighted by Gasteiger charge is 2.24. The van der Waals surface area contributed by atoms with Gasteiger partial charge in [0, 0.05) is 130 Å². The summed E-state index contributed by atoms with van der Waals surface area (Å²) in [6.07, 6.45) is 0. The van der Waals surface area contributed by atoms with Crippen LogP contribution in [0.3, 0.4) is 0 Å². The molecule has 0 atom stereocenters. The molecule has 20 aromatic carbocycles. The van der Waals surface area contributed by atoms with Gasteiger partial charge in [0.15, 0.2) is 52.4 Å². The summed E-state index contributed by atoms with van der Waals surface area (Å²) in [4.78, 5) is 45.1. The van der Waals surface area contributed by atoms with Gasteiger partial charge >= 0.3 is 0 Å². The van der Waals surface area contributed by atoms with Crippen molar-refractivity contribution in [2.45, 2.75) is 0 Å². The number of rotatable bonds is 15. The van der Waals surface area contributed by atoms with Gasteiger partial charge in [-0.1, -0.05) is 376 Å². The maximum Gasteiger partial charge on any atom is 0.164 e. The van der Waals surface area contributed by atoms with Gasteiger partial charge in [-0.15, -0.1) is 11.3 Å². The van der Waals surface area contributed by atoms with Crippen LogP contribution in [0.5, 0.6) is 0 Å². The SMILES string of the molecule is c1ccc(-c2ccc(-c3nc(-c4ccccc4)nc(-c4ccc(-n5c6ccccc6c6cc(-c7ccccc7)ccc65)cc4)n3)cc2)cc1.c1ccc(-c2ccc3c4ccccc4n(-c4cccc(-c5nc(-c6ccccc6)nc(-c6ccc7c(c6)sc6ccccc67)n5)c4)c3c2)cc1.c1ccc(-c2nc(-c3cccc(-n4c5ccccc5c5ccccc54)c3)nc(-c3ccc4c(c3)oc3ccccc34)n2)cc1.